The SMILES string of the molecule is CC(C)(C)OC(=O)N1C(=S)N(c2ccc(C#N)c(Cl)c2)C(=O)[C@@]1(C)[C@@H](O)c1ccc(F)cc1. The minimum atomic E-state index is -1.92. The molecular formula is C23H21ClFN3O4S. The third kappa shape index (κ3) is 4.42. The highest BCUT2D eigenvalue weighted by Crippen LogP contribution is 2.42. The summed E-state index contributed by atoms with van der Waals surface area (Å²) in [6, 6.07) is 11.1. The molecule has 1 heterocycles. The van der Waals surface area contributed by atoms with Gasteiger partial charge in [0.1, 0.15) is 23.6 Å². The van der Waals surface area contributed by atoms with Crippen molar-refractivity contribution < 1.29 is 23.8 Å². The lowest BCUT2D eigenvalue weighted by molar-refractivity contribution is -0.130. The number of nitrogens with zero attached hydrogens (tertiary/aromatic N) is 3. The van der Waals surface area contributed by atoms with E-state index in [2.05, 4.69) is 0 Å². The maximum absolute atomic E-state index is 13.7. The third-order valence-corrected chi connectivity index (χ3v) is 5.79. The lowest BCUT2D eigenvalue weighted by atomic mass is 9.88. The minimum absolute atomic E-state index is 0.0853. The maximum Gasteiger partial charge on any atom is 0.417 e. The van der Waals surface area contributed by atoms with Crippen molar-refractivity contribution in [2.24, 2.45) is 0 Å². The van der Waals surface area contributed by atoms with Crippen molar-refractivity contribution in [2.45, 2.75) is 44.9 Å². The zero-order valence-electron chi connectivity index (χ0n) is 18.3. The number of aliphatic hydroxyl groups excluding tert-OH is 1. The van der Waals surface area contributed by atoms with Crippen LogP contribution in [0.15, 0.2) is 42.5 Å². The second-order valence-electron chi connectivity index (χ2n) is 8.62. The fourth-order valence-corrected chi connectivity index (χ4v) is 4.12. The molecule has 7 nitrogen and oxygen atoms in total. The van der Waals surface area contributed by atoms with E-state index >= 15 is 0 Å². The van der Waals surface area contributed by atoms with Crippen LogP contribution in [-0.2, 0) is 9.53 Å². The number of nitriles is 1. The van der Waals surface area contributed by atoms with Crippen LogP contribution < -0.4 is 4.90 Å². The van der Waals surface area contributed by atoms with E-state index in [9.17, 15) is 19.1 Å². The van der Waals surface area contributed by atoms with E-state index in [0.717, 1.165) is 21.9 Å². The van der Waals surface area contributed by atoms with Gasteiger partial charge < -0.3 is 9.84 Å². The molecule has 0 aromatic heterocycles. The van der Waals surface area contributed by atoms with Crippen LogP contribution in [0.3, 0.4) is 0 Å². The van der Waals surface area contributed by atoms with E-state index in [0.29, 0.717) is 0 Å². The van der Waals surface area contributed by atoms with Crippen LogP contribution in [0.2, 0.25) is 5.02 Å². The summed E-state index contributed by atoms with van der Waals surface area (Å²) in [4.78, 5) is 28.8. The van der Waals surface area contributed by atoms with Crippen molar-refractivity contribution >= 4 is 46.6 Å². The molecule has 2 aromatic rings. The first-order valence-corrected chi connectivity index (χ1v) is 10.6. The van der Waals surface area contributed by atoms with Crippen LogP contribution in [0.25, 0.3) is 0 Å². The molecule has 2 aromatic carbocycles. The predicted octanol–water partition coefficient (Wildman–Crippen LogP) is 4.71. The molecule has 1 fully saturated rings. The molecule has 3 rings (SSSR count). The van der Waals surface area contributed by atoms with E-state index < -0.39 is 35.1 Å². The summed E-state index contributed by atoms with van der Waals surface area (Å²) in [6.07, 6.45) is -2.51. The first-order chi connectivity index (χ1) is 15.3. The van der Waals surface area contributed by atoms with Gasteiger partial charge in [-0.1, -0.05) is 23.7 Å². The van der Waals surface area contributed by atoms with Gasteiger partial charge in [-0.25, -0.2) is 14.1 Å². The van der Waals surface area contributed by atoms with Gasteiger partial charge in [0.15, 0.2) is 10.7 Å². The van der Waals surface area contributed by atoms with Gasteiger partial charge in [-0.05, 0) is 75.8 Å². The van der Waals surface area contributed by atoms with Crippen LogP contribution >= 0.6 is 23.8 Å². The zero-order chi connectivity index (χ0) is 24.7. The predicted molar refractivity (Wildman–Crippen MR) is 124 cm³/mol. The van der Waals surface area contributed by atoms with Gasteiger partial charge in [-0.3, -0.25) is 9.69 Å². The summed E-state index contributed by atoms with van der Waals surface area (Å²) in [5, 5.41) is 20.2. The Morgan fingerprint density at radius 1 is 1.27 bits per heavy atom. The standard InChI is InChI=1S/C23H21ClFN3O4S/c1-22(2,3)32-21(31)28-20(33)27(16-10-7-14(12-26)17(24)11-16)19(30)23(28,4)18(29)13-5-8-15(25)9-6-13/h5-11,18,29H,1-4H3/t18-,23+/m0/s1. The molecule has 0 radical (unpaired) electrons. The van der Waals surface area contributed by atoms with E-state index in [4.69, 9.17) is 33.8 Å². The molecule has 0 bridgehead atoms. The summed E-state index contributed by atoms with van der Waals surface area (Å²) in [5.41, 5.74) is -2.24. The number of aliphatic hydroxyl groups is 1. The summed E-state index contributed by atoms with van der Waals surface area (Å²) in [6.45, 7) is 6.30. The summed E-state index contributed by atoms with van der Waals surface area (Å²) in [7, 11) is 0. The molecule has 1 N–H and O–H groups in total. The zero-order valence-corrected chi connectivity index (χ0v) is 19.9. The quantitative estimate of drug-likeness (QED) is 0.627. The van der Waals surface area contributed by atoms with Crippen LogP contribution in [0.1, 0.15) is 44.9 Å². The summed E-state index contributed by atoms with van der Waals surface area (Å²) >= 11 is 11.6. The second kappa shape index (κ2) is 8.71. The van der Waals surface area contributed by atoms with E-state index in [1.807, 2.05) is 6.07 Å². The van der Waals surface area contributed by atoms with Gasteiger partial charge in [0, 0.05) is 0 Å². The highest BCUT2D eigenvalue weighted by molar-refractivity contribution is 7.80. The van der Waals surface area contributed by atoms with Crippen molar-refractivity contribution in [3.63, 3.8) is 0 Å². The Labute approximate surface area is 200 Å². The number of thiocarbonyl (C=S) groups is 1. The van der Waals surface area contributed by atoms with E-state index in [1.165, 1.54) is 37.3 Å². The van der Waals surface area contributed by atoms with Crippen LogP contribution in [-0.4, -0.2) is 38.3 Å². The van der Waals surface area contributed by atoms with Crippen LogP contribution in [0.5, 0.6) is 0 Å². The molecule has 172 valence electrons. The number of anilines is 1. The van der Waals surface area contributed by atoms with E-state index in [-0.39, 0.29) is 26.9 Å². The van der Waals surface area contributed by atoms with Crippen molar-refractivity contribution in [2.75, 3.05) is 4.90 Å². The maximum atomic E-state index is 13.7. The largest absolute Gasteiger partial charge is 0.443 e. The van der Waals surface area contributed by atoms with Gasteiger partial charge in [-0.15, -0.1) is 0 Å². The van der Waals surface area contributed by atoms with Gasteiger partial charge in [0.2, 0.25) is 0 Å². The monoisotopic (exact) mass is 489 g/mol. The molecule has 0 spiro atoms. The minimum Gasteiger partial charge on any atom is -0.443 e. The Hall–Kier alpha value is -3.06. The number of hydrogen-bond acceptors (Lipinski definition) is 6. The Bertz CT molecular complexity index is 1180. The van der Waals surface area contributed by atoms with Crippen molar-refractivity contribution in [1.82, 2.24) is 4.90 Å². The number of amides is 2. The number of carbonyl (C=O) groups excluding carboxylic acids is 2. The Morgan fingerprint density at radius 2 is 1.88 bits per heavy atom. The van der Waals surface area contributed by atoms with Crippen molar-refractivity contribution in [3.8, 4) is 6.07 Å². The number of benzene rings is 2. The third-order valence-electron chi connectivity index (χ3n) is 5.11. The molecule has 1 aliphatic rings. The van der Waals surface area contributed by atoms with Gasteiger partial charge >= 0.3 is 6.09 Å². The van der Waals surface area contributed by atoms with Crippen LogP contribution in [0.4, 0.5) is 14.9 Å². The molecule has 33 heavy (non-hydrogen) atoms. The first kappa shape index (κ1) is 24.6. The van der Waals surface area contributed by atoms with E-state index in [1.54, 1.807) is 20.8 Å². The van der Waals surface area contributed by atoms with Gasteiger partial charge in [0.05, 0.1) is 16.3 Å². The van der Waals surface area contributed by atoms with Crippen molar-refractivity contribution in [3.05, 3.63) is 64.4 Å². The normalized spacial score (nSPS) is 19.5. The van der Waals surface area contributed by atoms with Crippen LogP contribution in [0, 0.1) is 17.1 Å². The lowest BCUT2D eigenvalue weighted by Crippen LogP contribution is -2.55. The second-order valence-corrected chi connectivity index (χ2v) is 9.39. The topological polar surface area (TPSA) is 93.9 Å². The summed E-state index contributed by atoms with van der Waals surface area (Å²) < 4.78 is 18.9. The number of hydrogen-bond donors (Lipinski definition) is 1. The number of carbonyl (C=O) groups is 2. The van der Waals surface area contributed by atoms with Gasteiger partial charge in [-0.2, -0.15) is 5.26 Å². The molecule has 2 atom stereocenters. The smallest absolute Gasteiger partial charge is 0.417 e. The lowest BCUT2D eigenvalue weighted by Gasteiger charge is -2.36. The Kier molecular flexibility index (Phi) is 6.48. The molecule has 10 heteroatoms. The first-order valence-electron chi connectivity index (χ1n) is 9.86. The number of rotatable bonds is 3. The highest BCUT2D eigenvalue weighted by Gasteiger charge is 2.60. The average Bonchev–Trinajstić information content (AvgIpc) is 2.93. The molecular weight excluding hydrogens is 469 g/mol. The van der Waals surface area contributed by atoms with Gasteiger partial charge in [0.25, 0.3) is 5.91 Å². The van der Waals surface area contributed by atoms with Crippen molar-refractivity contribution in [1.29, 1.82) is 5.26 Å². The molecule has 2 amide bonds. The Balaban J connectivity index is 2.15. The molecule has 0 unspecified atom stereocenters. The highest BCUT2D eigenvalue weighted by atomic mass is 35.5. The average molecular weight is 490 g/mol. The fraction of sp³-hybridized carbons (Fsp3) is 0.304. The fourth-order valence-electron chi connectivity index (χ4n) is 3.45. The molecule has 1 saturated heterocycles. The molecule has 1 aliphatic heterocycles. The Morgan fingerprint density at radius 3 is 2.39 bits per heavy atom. The summed E-state index contributed by atoms with van der Waals surface area (Å²) in [5.74, 6) is -1.25. The molecule has 0 saturated carbocycles. The number of ether oxygens (including phenoxy) is 1. The molecule has 0 aliphatic carbocycles. The number of halogens is 2.